The minimum atomic E-state index is -0.146. The maximum atomic E-state index is 12.2. The van der Waals surface area contributed by atoms with Crippen molar-refractivity contribution in [2.45, 2.75) is 45.1 Å². The first-order valence-electron chi connectivity index (χ1n) is 8.20. The van der Waals surface area contributed by atoms with Crippen molar-refractivity contribution in [3.05, 3.63) is 35.0 Å². The fraction of sp³-hybridized carbons (Fsp3) is 0.529. The maximum Gasteiger partial charge on any atom is 0.299 e. The van der Waals surface area contributed by atoms with E-state index >= 15 is 0 Å². The van der Waals surface area contributed by atoms with Crippen molar-refractivity contribution in [1.82, 2.24) is 19.5 Å². The molecular formula is C17H22N4O2. The monoisotopic (exact) mass is 314 g/mol. The van der Waals surface area contributed by atoms with Crippen LogP contribution in [0.4, 0.5) is 0 Å². The molecule has 0 spiro atoms. The molecule has 1 fully saturated rings. The van der Waals surface area contributed by atoms with E-state index in [1.54, 1.807) is 19.3 Å². The third kappa shape index (κ3) is 3.41. The Kier molecular flexibility index (Phi) is 4.69. The molecule has 2 heterocycles. The zero-order valence-electron chi connectivity index (χ0n) is 13.6. The number of nitrogens with zero attached hydrogens (tertiary/aromatic N) is 4. The molecule has 0 aromatic carbocycles. The van der Waals surface area contributed by atoms with E-state index in [4.69, 9.17) is 4.74 Å². The average Bonchev–Trinajstić information content (AvgIpc) is 2.60. The Labute approximate surface area is 135 Å². The molecule has 23 heavy (non-hydrogen) atoms. The van der Waals surface area contributed by atoms with Crippen LogP contribution < -0.4 is 10.3 Å². The minimum Gasteiger partial charge on any atom is -0.461 e. The second-order valence-corrected chi connectivity index (χ2v) is 6.02. The highest BCUT2D eigenvalue weighted by atomic mass is 16.5. The number of hydrogen-bond acceptors (Lipinski definition) is 5. The summed E-state index contributed by atoms with van der Waals surface area (Å²) in [6.07, 6.45) is 8.93. The van der Waals surface area contributed by atoms with Crippen LogP contribution in [0.5, 0.6) is 6.01 Å². The van der Waals surface area contributed by atoms with Crippen LogP contribution in [0.25, 0.3) is 11.4 Å². The van der Waals surface area contributed by atoms with Gasteiger partial charge in [0.1, 0.15) is 12.4 Å². The summed E-state index contributed by atoms with van der Waals surface area (Å²) in [5.41, 5.74) is 1.00. The second kappa shape index (κ2) is 6.89. The Hall–Kier alpha value is -2.24. The molecule has 0 saturated heterocycles. The zero-order valence-corrected chi connectivity index (χ0v) is 13.6. The molecule has 6 heteroatoms. The van der Waals surface area contributed by atoms with Crippen molar-refractivity contribution in [3.8, 4) is 17.4 Å². The summed E-state index contributed by atoms with van der Waals surface area (Å²) in [5.74, 6) is 0.531. The molecule has 2 atom stereocenters. The predicted octanol–water partition coefficient (Wildman–Crippen LogP) is 2.58. The van der Waals surface area contributed by atoms with Crippen molar-refractivity contribution in [3.63, 3.8) is 0 Å². The Morgan fingerprint density at radius 1 is 1.30 bits per heavy atom. The van der Waals surface area contributed by atoms with Gasteiger partial charge in [0.25, 0.3) is 11.6 Å². The Balaban J connectivity index is 1.92. The molecule has 6 nitrogen and oxygen atoms in total. The van der Waals surface area contributed by atoms with Crippen molar-refractivity contribution < 1.29 is 4.74 Å². The lowest BCUT2D eigenvalue weighted by Gasteiger charge is -2.31. The van der Waals surface area contributed by atoms with Crippen LogP contribution in [0.1, 0.15) is 39.0 Å². The Morgan fingerprint density at radius 3 is 2.87 bits per heavy atom. The van der Waals surface area contributed by atoms with Crippen LogP contribution in [0.15, 0.2) is 29.5 Å². The normalized spacial score (nSPS) is 21.1. The fourth-order valence-corrected chi connectivity index (χ4v) is 3.13. The SMILES string of the molecule is CCC1CCCCC1Oc1nc(-c2ccncn2)cc(=O)n1C. The summed E-state index contributed by atoms with van der Waals surface area (Å²) in [6, 6.07) is 3.59. The van der Waals surface area contributed by atoms with Crippen molar-refractivity contribution in [2.24, 2.45) is 13.0 Å². The molecule has 122 valence electrons. The van der Waals surface area contributed by atoms with E-state index in [0.717, 1.165) is 12.8 Å². The van der Waals surface area contributed by atoms with Crippen molar-refractivity contribution in [1.29, 1.82) is 0 Å². The van der Waals surface area contributed by atoms with Gasteiger partial charge in [-0.15, -0.1) is 0 Å². The van der Waals surface area contributed by atoms with Gasteiger partial charge in [0.2, 0.25) is 0 Å². The maximum absolute atomic E-state index is 12.2. The minimum absolute atomic E-state index is 0.132. The topological polar surface area (TPSA) is 69.9 Å². The lowest BCUT2D eigenvalue weighted by molar-refractivity contribution is 0.0765. The van der Waals surface area contributed by atoms with E-state index in [9.17, 15) is 4.79 Å². The van der Waals surface area contributed by atoms with Crippen LogP contribution >= 0.6 is 0 Å². The first-order valence-corrected chi connectivity index (χ1v) is 8.20. The summed E-state index contributed by atoms with van der Waals surface area (Å²) in [7, 11) is 1.69. The van der Waals surface area contributed by atoms with Gasteiger partial charge < -0.3 is 4.74 Å². The van der Waals surface area contributed by atoms with E-state index in [1.807, 2.05) is 0 Å². The molecule has 0 aliphatic heterocycles. The molecule has 1 saturated carbocycles. The van der Waals surface area contributed by atoms with Gasteiger partial charge in [0, 0.05) is 19.3 Å². The Morgan fingerprint density at radius 2 is 2.13 bits per heavy atom. The van der Waals surface area contributed by atoms with Gasteiger partial charge in [-0.05, 0) is 37.7 Å². The number of hydrogen-bond donors (Lipinski definition) is 0. The third-order valence-corrected chi connectivity index (χ3v) is 4.56. The molecule has 0 N–H and O–H groups in total. The van der Waals surface area contributed by atoms with Gasteiger partial charge in [-0.1, -0.05) is 13.3 Å². The van der Waals surface area contributed by atoms with E-state index in [2.05, 4.69) is 21.9 Å². The van der Waals surface area contributed by atoms with E-state index < -0.39 is 0 Å². The molecule has 0 bridgehead atoms. The van der Waals surface area contributed by atoms with Gasteiger partial charge in [-0.25, -0.2) is 9.97 Å². The summed E-state index contributed by atoms with van der Waals surface area (Å²) in [6.45, 7) is 2.19. The molecule has 1 aliphatic rings. The number of aromatic nitrogens is 4. The summed E-state index contributed by atoms with van der Waals surface area (Å²) in [5, 5.41) is 0. The first-order chi connectivity index (χ1) is 11.2. The summed E-state index contributed by atoms with van der Waals surface area (Å²) >= 11 is 0. The first kappa shape index (κ1) is 15.6. The third-order valence-electron chi connectivity index (χ3n) is 4.56. The largest absolute Gasteiger partial charge is 0.461 e. The lowest BCUT2D eigenvalue weighted by atomic mass is 9.85. The average molecular weight is 314 g/mol. The van der Waals surface area contributed by atoms with Crippen molar-refractivity contribution >= 4 is 0 Å². The van der Waals surface area contributed by atoms with Crippen molar-refractivity contribution in [2.75, 3.05) is 0 Å². The summed E-state index contributed by atoms with van der Waals surface area (Å²) < 4.78 is 7.61. The molecule has 3 rings (SSSR count). The van der Waals surface area contributed by atoms with Crippen LogP contribution in [0.3, 0.4) is 0 Å². The van der Waals surface area contributed by atoms with Gasteiger partial charge >= 0.3 is 0 Å². The standard InChI is InChI=1S/C17H22N4O2/c1-3-12-6-4-5-7-15(12)23-17-20-14(10-16(22)21(17)2)13-8-9-18-11-19-13/h8-12,15H,3-7H2,1-2H3. The fourth-order valence-electron chi connectivity index (χ4n) is 3.13. The van der Waals surface area contributed by atoms with Crippen LogP contribution in [-0.4, -0.2) is 25.6 Å². The van der Waals surface area contributed by atoms with Gasteiger partial charge in [-0.2, -0.15) is 4.98 Å². The molecule has 2 unspecified atom stereocenters. The smallest absolute Gasteiger partial charge is 0.299 e. The molecule has 0 radical (unpaired) electrons. The van der Waals surface area contributed by atoms with Crippen LogP contribution in [0.2, 0.25) is 0 Å². The highest BCUT2D eigenvalue weighted by molar-refractivity contribution is 5.52. The molecule has 2 aromatic heterocycles. The highest BCUT2D eigenvalue weighted by Gasteiger charge is 2.26. The van der Waals surface area contributed by atoms with E-state index in [1.165, 1.54) is 36.2 Å². The van der Waals surface area contributed by atoms with Crippen LogP contribution in [0, 0.1) is 5.92 Å². The second-order valence-electron chi connectivity index (χ2n) is 6.02. The predicted molar refractivity (Wildman–Crippen MR) is 87.2 cm³/mol. The van der Waals surface area contributed by atoms with E-state index in [0.29, 0.717) is 23.3 Å². The number of rotatable bonds is 4. The lowest BCUT2D eigenvalue weighted by Crippen LogP contribution is -2.32. The van der Waals surface area contributed by atoms with Crippen LogP contribution in [-0.2, 0) is 7.05 Å². The number of ether oxygens (including phenoxy) is 1. The Bertz CT molecular complexity index is 714. The van der Waals surface area contributed by atoms with Gasteiger partial charge in [0.05, 0.1) is 11.4 Å². The highest BCUT2D eigenvalue weighted by Crippen LogP contribution is 2.30. The van der Waals surface area contributed by atoms with E-state index in [-0.39, 0.29) is 11.7 Å². The summed E-state index contributed by atoms with van der Waals surface area (Å²) in [4.78, 5) is 24.8. The molecule has 1 aliphatic carbocycles. The van der Waals surface area contributed by atoms with Gasteiger partial charge in [0.15, 0.2) is 0 Å². The quantitative estimate of drug-likeness (QED) is 0.867. The van der Waals surface area contributed by atoms with Gasteiger partial charge in [-0.3, -0.25) is 9.36 Å². The molecular weight excluding hydrogens is 292 g/mol. The zero-order chi connectivity index (χ0) is 16.2. The molecule has 2 aromatic rings. The molecule has 0 amide bonds.